The van der Waals surface area contributed by atoms with Crippen LogP contribution in [0.15, 0.2) is 23.0 Å². The fourth-order valence-corrected chi connectivity index (χ4v) is 7.74. The van der Waals surface area contributed by atoms with Gasteiger partial charge in [0.25, 0.3) is 0 Å². The number of unbranched alkanes of at least 4 members (excludes halogenated alkanes) is 1. The highest BCUT2D eigenvalue weighted by molar-refractivity contribution is 5.96. The Balaban J connectivity index is 1.38. The first kappa shape index (κ1) is 21.2. The Hall–Kier alpha value is -1.69. The Morgan fingerprint density at radius 1 is 1.19 bits per heavy atom. The maximum Gasteiger partial charge on any atom is 0.116 e. The lowest BCUT2D eigenvalue weighted by molar-refractivity contribution is -0.124. The number of hydrogen-bond donors (Lipinski definition) is 1. The first-order valence-corrected chi connectivity index (χ1v) is 12.4. The molecule has 0 amide bonds. The third kappa shape index (κ3) is 3.28. The van der Waals surface area contributed by atoms with E-state index in [0.29, 0.717) is 17.8 Å². The Morgan fingerprint density at radius 2 is 2.06 bits per heavy atom. The molecule has 4 aliphatic rings. The highest BCUT2D eigenvalue weighted by Gasteiger charge is 2.63. The average molecular weight is 427 g/mol. The van der Waals surface area contributed by atoms with E-state index >= 15 is 0 Å². The summed E-state index contributed by atoms with van der Waals surface area (Å²) in [7, 11) is 1.64. The fourth-order valence-electron chi connectivity index (χ4n) is 7.74. The van der Waals surface area contributed by atoms with Crippen molar-refractivity contribution in [1.29, 1.82) is 0 Å². The molecule has 3 fully saturated rings. The predicted octanol–water partition coefficient (Wildman–Crippen LogP) is 4.84. The molecule has 5 rings (SSSR count). The number of oxime groups is 1. The maximum atomic E-state index is 12.0. The van der Waals surface area contributed by atoms with Crippen LogP contribution < -0.4 is 0 Å². The van der Waals surface area contributed by atoms with Gasteiger partial charge in [0.15, 0.2) is 0 Å². The minimum atomic E-state index is -0.839. The van der Waals surface area contributed by atoms with Crippen molar-refractivity contribution in [2.75, 3.05) is 7.11 Å². The van der Waals surface area contributed by atoms with E-state index in [1.54, 1.807) is 12.7 Å². The molecular weight excluding hydrogens is 388 g/mol. The first-order valence-electron chi connectivity index (χ1n) is 12.4. The molecule has 170 valence electrons. The summed E-state index contributed by atoms with van der Waals surface area (Å²) in [5, 5.41) is 25.1. The lowest BCUT2D eigenvalue weighted by atomic mass is 9.50. The molecule has 0 aromatic carbocycles. The largest absolute Gasteiger partial charge is 0.399 e. The zero-order chi connectivity index (χ0) is 21.6. The topological polar surface area (TPSA) is 72.5 Å². The van der Waals surface area contributed by atoms with Crippen LogP contribution in [0.5, 0.6) is 0 Å². The average Bonchev–Trinajstić information content (AvgIpc) is 3.36. The van der Waals surface area contributed by atoms with Crippen molar-refractivity contribution >= 4 is 5.71 Å². The van der Waals surface area contributed by atoms with Crippen LogP contribution in [0, 0.1) is 29.1 Å². The summed E-state index contributed by atoms with van der Waals surface area (Å²) < 4.78 is 1.93. The SMILES string of the molecule is CCCCn1cc([C@]2(O)CCC3C4CCC5=C/C(=N\OC)CC[C@@H]5C4CC[C@@]32C)nn1. The molecule has 0 saturated heterocycles. The maximum absolute atomic E-state index is 12.0. The van der Waals surface area contributed by atoms with Crippen molar-refractivity contribution in [1.82, 2.24) is 15.0 Å². The van der Waals surface area contributed by atoms with E-state index in [1.165, 1.54) is 25.7 Å². The fraction of sp³-hybridized carbons (Fsp3) is 0.800. The van der Waals surface area contributed by atoms with Crippen LogP contribution in [0.3, 0.4) is 0 Å². The van der Waals surface area contributed by atoms with Gasteiger partial charge < -0.3 is 9.94 Å². The highest BCUT2D eigenvalue weighted by Crippen LogP contribution is 2.67. The third-order valence-corrected chi connectivity index (χ3v) is 9.38. The van der Waals surface area contributed by atoms with Gasteiger partial charge in [-0.2, -0.15) is 0 Å². The zero-order valence-electron chi connectivity index (χ0n) is 19.4. The number of hydrogen-bond acceptors (Lipinski definition) is 5. The van der Waals surface area contributed by atoms with Gasteiger partial charge in [-0.05, 0) is 87.5 Å². The second kappa shape index (κ2) is 8.02. The van der Waals surface area contributed by atoms with E-state index in [2.05, 4.69) is 35.4 Å². The van der Waals surface area contributed by atoms with Gasteiger partial charge in [-0.3, -0.25) is 4.68 Å². The van der Waals surface area contributed by atoms with Gasteiger partial charge in [0.05, 0.1) is 11.9 Å². The van der Waals surface area contributed by atoms with E-state index in [-0.39, 0.29) is 5.41 Å². The van der Waals surface area contributed by atoms with Gasteiger partial charge in [-0.1, -0.05) is 36.2 Å². The molecule has 4 aliphatic carbocycles. The second-order valence-corrected chi connectivity index (χ2v) is 10.7. The summed E-state index contributed by atoms with van der Waals surface area (Å²) in [4.78, 5) is 5.03. The van der Waals surface area contributed by atoms with Crippen molar-refractivity contribution in [3.63, 3.8) is 0 Å². The van der Waals surface area contributed by atoms with Gasteiger partial charge in [0, 0.05) is 12.0 Å². The molecule has 1 heterocycles. The molecule has 3 unspecified atom stereocenters. The third-order valence-electron chi connectivity index (χ3n) is 9.38. The molecule has 1 aromatic rings. The van der Waals surface area contributed by atoms with E-state index in [9.17, 15) is 5.11 Å². The van der Waals surface area contributed by atoms with Crippen molar-refractivity contribution in [3.05, 3.63) is 23.5 Å². The molecule has 6 heteroatoms. The summed E-state index contributed by atoms with van der Waals surface area (Å²) in [6.07, 6.45) is 15.4. The molecule has 3 saturated carbocycles. The van der Waals surface area contributed by atoms with Gasteiger partial charge in [-0.25, -0.2) is 0 Å². The van der Waals surface area contributed by atoms with Crippen LogP contribution in [0.4, 0.5) is 0 Å². The van der Waals surface area contributed by atoms with Crippen LogP contribution in [0.1, 0.15) is 83.7 Å². The lowest BCUT2D eigenvalue weighted by Crippen LogP contribution is -2.51. The summed E-state index contributed by atoms with van der Waals surface area (Å²) in [5.41, 5.74) is 2.57. The Labute approximate surface area is 186 Å². The summed E-state index contributed by atoms with van der Waals surface area (Å²) in [6, 6.07) is 0. The lowest BCUT2D eigenvalue weighted by Gasteiger charge is -2.55. The minimum absolute atomic E-state index is 0.0989. The van der Waals surface area contributed by atoms with Gasteiger partial charge >= 0.3 is 0 Å². The molecule has 1 aromatic heterocycles. The number of aryl methyl sites for hydroxylation is 1. The quantitative estimate of drug-likeness (QED) is 0.684. The number of allylic oxidation sites excluding steroid dienone is 2. The van der Waals surface area contributed by atoms with E-state index in [4.69, 9.17) is 4.84 Å². The van der Waals surface area contributed by atoms with Crippen LogP contribution in [0.25, 0.3) is 0 Å². The van der Waals surface area contributed by atoms with Crippen molar-refractivity contribution in [2.24, 2.45) is 34.2 Å². The van der Waals surface area contributed by atoms with Crippen LogP contribution in [-0.4, -0.2) is 32.9 Å². The van der Waals surface area contributed by atoms with E-state index in [0.717, 1.165) is 62.4 Å². The molecule has 0 spiro atoms. The number of fused-ring (bicyclic) bond motifs is 5. The van der Waals surface area contributed by atoms with Crippen LogP contribution in [-0.2, 0) is 17.0 Å². The Bertz CT molecular complexity index is 877. The zero-order valence-corrected chi connectivity index (χ0v) is 19.4. The number of nitrogens with zero attached hydrogens (tertiary/aromatic N) is 4. The summed E-state index contributed by atoms with van der Waals surface area (Å²) in [5.74, 6) is 2.74. The number of aromatic nitrogens is 3. The van der Waals surface area contributed by atoms with Crippen molar-refractivity contribution in [3.8, 4) is 0 Å². The van der Waals surface area contributed by atoms with E-state index in [1.807, 2.05) is 10.9 Å². The van der Waals surface area contributed by atoms with Gasteiger partial charge in [0.1, 0.15) is 18.4 Å². The van der Waals surface area contributed by atoms with Crippen molar-refractivity contribution < 1.29 is 9.94 Å². The van der Waals surface area contributed by atoms with Crippen molar-refractivity contribution in [2.45, 2.75) is 90.2 Å². The Morgan fingerprint density at radius 3 is 2.87 bits per heavy atom. The summed E-state index contributed by atoms with van der Waals surface area (Å²) >= 11 is 0. The highest BCUT2D eigenvalue weighted by atomic mass is 16.6. The Kier molecular flexibility index (Phi) is 5.48. The second-order valence-electron chi connectivity index (χ2n) is 10.7. The van der Waals surface area contributed by atoms with Crippen LogP contribution in [0.2, 0.25) is 0 Å². The molecule has 31 heavy (non-hydrogen) atoms. The minimum Gasteiger partial charge on any atom is -0.399 e. The molecule has 6 atom stereocenters. The first-order chi connectivity index (χ1) is 15.0. The number of aliphatic hydroxyl groups is 1. The smallest absolute Gasteiger partial charge is 0.116 e. The summed E-state index contributed by atoms with van der Waals surface area (Å²) in [6.45, 7) is 5.42. The molecular formula is C25H38N4O2. The molecule has 6 nitrogen and oxygen atoms in total. The van der Waals surface area contributed by atoms with Gasteiger partial charge in [-0.15, -0.1) is 5.10 Å². The molecule has 0 radical (unpaired) electrons. The molecule has 0 bridgehead atoms. The normalized spacial score (nSPS) is 40.8. The molecule has 1 N–H and O–H groups in total. The monoisotopic (exact) mass is 426 g/mol. The van der Waals surface area contributed by atoms with Crippen LogP contribution >= 0.6 is 0 Å². The van der Waals surface area contributed by atoms with E-state index < -0.39 is 5.60 Å². The molecule has 0 aliphatic heterocycles. The standard InChI is InChI=1S/C25H38N4O2/c1-4-5-14-29-16-23(26-28-29)25(30)13-11-22-21-8-6-17-15-18(27-31-3)7-9-19(17)20(21)10-12-24(22,25)2/h15-16,19-22,30H,4-14H2,1-3H3/b27-18-/t19-,20?,21?,22?,24-,25+/m0/s1. The predicted molar refractivity (Wildman–Crippen MR) is 120 cm³/mol. The number of rotatable bonds is 5. The van der Waals surface area contributed by atoms with Gasteiger partial charge in [0.2, 0.25) is 0 Å².